The maximum Gasteiger partial charge on any atom is 0.261 e. The lowest BCUT2D eigenvalue weighted by Crippen LogP contribution is -2.41. The van der Waals surface area contributed by atoms with Crippen molar-refractivity contribution in [2.45, 2.75) is 30.7 Å². The molecule has 4 rings (SSSR count). The van der Waals surface area contributed by atoms with Crippen molar-refractivity contribution in [2.24, 2.45) is 0 Å². The van der Waals surface area contributed by atoms with Crippen LogP contribution in [0.15, 0.2) is 58.5 Å². The van der Waals surface area contributed by atoms with Gasteiger partial charge in [-0.2, -0.15) is 4.31 Å². The molecule has 2 heterocycles. The van der Waals surface area contributed by atoms with Crippen molar-refractivity contribution in [3.63, 3.8) is 0 Å². The lowest BCUT2D eigenvalue weighted by atomic mass is 10.1. The highest BCUT2D eigenvalue weighted by molar-refractivity contribution is 7.89. The number of benzene rings is 2. The SMILES string of the molecule is Cc1ccc2ncn(C3CCN(S(=O)(=O)c4ccccc4F)CC3)c(=O)c2c1. The molecule has 0 amide bonds. The first-order chi connectivity index (χ1) is 13.4. The fourth-order valence-electron chi connectivity index (χ4n) is 3.66. The highest BCUT2D eigenvalue weighted by Gasteiger charge is 2.32. The Morgan fingerprint density at radius 2 is 1.82 bits per heavy atom. The van der Waals surface area contributed by atoms with E-state index >= 15 is 0 Å². The summed E-state index contributed by atoms with van der Waals surface area (Å²) in [5.41, 5.74) is 1.51. The molecule has 0 aliphatic carbocycles. The summed E-state index contributed by atoms with van der Waals surface area (Å²) in [4.78, 5) is 16.9. The van der Waals surface area contributed by atoms with Crippen molar-refractivity contribution in [3.8, 4) is 0 Å². The standard InChI is InChI=1S/C20H20FN3O3S/c1-14-6-7-18-16(12-14)20(25)24(13-22-18)15-8-10-23(11-9-15)28(26,27)19-5-3-2-4-17(19)21/h2-7,12-13,15H,8-11H2,1H3. The van der Waals surface area contributed by atoms with E-state index in [1.807, 2.05) is 25.1 Å². The molecule has 0 N–H and O–H groups in total. The van der Waals surface area contributed by atoms with Gasteiger partial charge in [-0.05, 0) is 44.0 Å². The Kier molecular flexibility index (Phi) is 4.76. The van der Waals surface area contributed by atoms with Gasteiger partial charge in [-0.1, -0.05) is 23.8 Å². The van der Waals surface area contributed by atoms with Crippen LogP contribution >= 0.6 is 0 Å². The maximum atomic E-state index is 14.0. The van der Waals surface area contributed by atoms with Crippen molar-refractivity contribution in [2.75, 3.05) is 13.1 Å². The van der Waals surface area contributed by atoms with Gasteiger partial charge in [0.05, 0.1) is 17.2 Å². The summed E-state index contributed by atoms with van der Waals surface area (Å²) in [5, 5.41) is 0.559. The zero-order valence-electron chi connectivity index (χ0n) is 15.4. The van der Waals surface area contributed by atoms with Gasteiger partial charge in [0.1, 0.15) is 10.7 Å². The molecule has 2 aromatic carbocycles. The van der Waals surface area contributed by atoms with Crippen LogP contribution in [0.1, 0.15) is 24.4 Å². The number of fused-ring (bicyclic) bond motifs is 1. The quantitative estimate of drug-likeness (QED) is 0.677. The van der Waals surface area contributed by atoms with Gasteiger partial charge in [0, 0.05) is 19.1 Å². The molecule has 0 atom stereocenters. The minimum Gasteiger partial charge on any atom is -0.296 e. The minimum absolute atomic E-state index is 0.121. The van der Waals surface area contributed by atoms with Crippen molar-refractivity contribution in [1.29, 1.82) is 0 Å². The fraction of sp³-hybridized carbons (Fsp3) is 0.300. The third-order valence-corrected chi connectivity index (χ3v) is 7.14. The van der Waals surface area contributed by atoms with Crippen LogP contribution in [0.5, 0.6) is 0 Å². The summed E-state index contributed by atoms with van der Waals surface area (Å²) in [6.07, 6.45) is 2.46. The van der Waals surface area contributed by atoms with E-state index < -0.39 is 15.8 Å². The minimum atomic E-state index is -3.89. The second-order valence-corrected chi connectivity index (χ2v) is 8.95. The predicted molar refractivity (Wildman–Crippen MR) is 104 cm³/mol. The van der Waals surface area contributed by atoms with Gasteiger partial charge >= 0.3 is 0 Å². The average Bonchev–Trinajstić information content (AvgIpc) is 2.69. The number of aromatic nitrogens is 2. The molecule has 0 bridgehead atoms. The molecule has 0 radical (unpaired) electrons. The van der Waals surface area contributed by atoms with Crippen LogP contribution in [0.3, 0.4) is 0 Å². The van der Waals surface area contributed by atoms with E-state index in [2.05, 4.69) is 4.98 Å². The van der Waals surface area contributed by atoms with E-state index in [9.17, 15) is 17.6 Å². The molecule has 0 unspecified atom stereocenters. The van der Waals surface area contributed by atoms with Crippen molar-refractivity contribution in [3.05, 3.63) is 70.5 Å². The van der Waals surface area contributed by atoms with E-state index in [4.69, 9.17) is 0 Å². The van der Waals surface area contributed by atoms with Crippen molar-refractivity contribution in [1.82, 2.24) is 13.9 Å². The Balaban J connectivity index is 1.58. The smallest absolute Gasteiger partial charge is 0.261 e. The number of piperidine rings is 1. The lowest BCUT2D eigenvalue weighted by molar-refractivity contribution is 0.269. The van der Waals surface area contributed by atoms with Crippen LogP contribution in [0.25, 0.3) is 10.9 Å². The second kappa shape index (κ2) is 7.10. The summed E-state index contributed by atoms with van der Waals surface area (Å²) in [7, 11) is -3.89. The molecule has 8 heteroatoms. The van der Waals surface area contributed by atoms with E-state index in [-0.39, 0.29) is 29.6 Å². The van der Waals surface area contributed by atoms with Crippen LogP contribution in [-0.4, -0.2) is 35.4 Å². The highest BCUT2D eigenvalue weighted by Crippen LogP contribution is 2.27. The van der Waals surface area contributed by atoms with E-state index in [1.54, 1.807) is 4.57 Å². The first kappa shape index (κ1) is 18.8. The molecule has 6 nitrogen and oxygen atoms in total. The van der Waals surface area contributed by atoms with Gasteiger partial charge in [-0.25, -0.2) is 17.8 Å². The molecule has 3 aromatic rings. The summed E-state index contributed by atoms with van der Waals surface area (Å²) < 4.78 is 42.3. The third kappa shape index (κ3) is 3.22. The Morgan fingerprint density at radius 1 is 1.11 bits per heavy atom. The number of sulfonamides is 1. The number of hydrogen-bond acceptors (Lipinski definition) is 4. The monoisotopic (exact) mass is 401 g/mol. The van der Waals surface area contributed by atoms with Crippen molar-refractivity contribution < 1.29 is 12.8 Å². The van der Waals surface area contributed by atoms with E-state index in [1.165, 1.54) is 28.8 Å². The van der Waals surface area contributed by atoms with Crippen LogP contribution in [0.2, 0.25) is 0 Å². The Bertz CT molecular complexity index is 1200. The predicted octanol–water partition coefficient (Wildman–Crippen LogP) is 2.87. The van der Waals surface area contributed by atoms with Gasteiger partial charge in [0.2, 0.25) is 10.0 Å². The molecular formula is C20H20FN3O3S. The van der Waals surface area contributed by atoms with Gasteiger partial charge in [-0.15, -0.1) is 0 Å². The zero-order chi connectivity index (χ0) is 19.9. The van der Waals surface area contributed by atoms with Crippen LogP contribution in [0.4, 0.5) is 4.39 Å². The van der Waals surface area contributed by atoms with E-state index in [0.717, 1.165) is 11.6 Å². The van der Waals surface area contributed by atoms with Crippen LogP contribution in [-0.2, 0) is 10.0 Å². The van der Waals surface area contributed by atoms with Gasteiger partial charge in [-0.3, -0.25) is 9.36 Å². The van der Waals surface area contributed by atoms with Crippen molar-refractivity contribution >= 4 is 20.9 Å². The first-order valence-electron chi connectivity index (χ1n) is 9.10. The van der Waals surface area contributed by atoms with E-state index in [0.29, 0.717) is 23.7 Å². The molecular weight excluding hydrogens is 381 g/mol. The summed E-state index contributed by atoms with van der Waals surface area (Å²) in [6, 6.07) is 10.8. The first-order valence-corrected chi connectivity index (χ1v) is 10.5. The summed E-state index contributed by atoms with van der Waals surface area (Å²) in [6.45, 7) is 2.36. The number of nitrogens with zero attached hydrogens (tertiary/aromatic N) is 3. The molecule has 28 heavy (non-hydrogen) atoms. The molecule has 1 aliphatic heterocycles. The molecule has 0 spiro atoms. The Labute approximate surface area is 162 Å². The number of aryl methyl sites for hydroxylation is 1. The third-order valence-electron chi connectivity index (χ3n) is 5.21. The molecule has 1 saturated heterocycles. The van der Waals surface area contributed by atoms with Gasteiger partial charge in [0.25, 0.3) is 5.56 Å². The highest BCUT2D eigenvalue weighted by atomic mass is 32.2. The Morgan fingerprint density at radius 3 is 2.54 bits per heavy atom. The lowest BCUT2D eigenvalue weighted by Gasteiger charge is -2.32. The van der Waals surface area contributed by atoms with Crippen LogP contribution in [0, 0.1) is 12.7 Å². The molecule has 1 aliphatic rings. The molecule has 1 aromatic heterocycles. The average molecular weight is 401 g/mol. The number of rotatable bonds is 3. The molecule has 0 saturated carbocycles. The fourth-order valence-corrected chi connectivity index (χ4v) is 5.20. The molecule has 146 valence electrons. The maximum absolute atomic E-state index is 14.0. The summed E-state index contributed by atoms with van der Waals surface area (Å²) in [5.74, 6) is -0.755. The normalized spacial score (nSPS) is 16.5. The summed E-state index contributed by atoms with van der Waals surface area (Å²) >= 11 is 0. The topological polar surface area (TPSA) is 72.3 Å². The zero-order valence-corrected chi connectivity index (χ0v) is 16.2. The van der Waals surface area contributed by atoms with Crippen LogP contribution < -0.4 is 5.56 Å². The van der Waals surface area contributed by atoms with Gasteiger partial charge in [0.15, 0.2) is 0 Å². The largest absolute Gasteiger partial charge is 0.296 e. The molecule has 1 fully saturated rings. The number of hydrogen-bond donors (Lipinski definition) is 0. The Hall–Kier alpha value is -2.58. The van der Waals surface area contributed by atoms with Gasteiger partial charge < -0.3 is 0 Å². The number of halogens is 1. The second-order valence-electron chi connectivity index (χ2n) is 7.04.